The molecule has 21 heavy (non-hydrogen) atoms. The monoisotopic (exact) mass is 302 g/mol. The number of phenols is 1. The molecule has 0 aliphatic rings. The average molecular weight is 302 g/mol. The minimum Gasteiger partial charge on any atom is -0.504 e. The highest BCUT2D eigenvalue weighted by atomic mass is 32.2. The number of phenolic OH excluding ortho intramolecular Hbond substituents is 1. The molecule has 0 amide bonds. The molecule has 6 heteroatoms. The van der Waals surface area contributed by atoms with Crippen LogP contribution in [0.4, 0.5) is 0 Å². The summed E-state index contributed by atoms with van der Waals surface area (Å²) in [5, 5.41) is 9.99. The lowest BCUT2D eigenvalue weighted by atomic mass is 10.2. The second-order valence-corrected chi connectivity index (χ2v) is 5.22. The van der Waals surface area contributed by atoms with E-state index in [4.69, 9.17) is 9.29 Å². The van der Waals surface area contributed by atoms with Crippen molar-refractivity contribution >= 4 is 34.1 Å². The Balaban J connectivity index is 1.95. The molecule has 0 aliphatic carbocycles. The van der Waals surface area contributed by atoms with E-state index in [2.05, 4.69) is 9.97 Å². The van der Waals surface area contributed by atoms with Crippen molar-refractivity contribution in [3.05, 3.63) is 36.4 Å². The first-order chi connectivity index (χ1) is 10.3. The first-order valence-electron chi connectivity index (χ1n) is 6.56. The molecule has 0 bridgehead atoms. The minimum absolute atomic E-state index is 0.0451. The molecule has 0 unspecified atom stereocenters. The summed E-state index contributed by atoms with van der Waals surface area (Å²) >= 11 is 0.780. The zero-order chi connectivity index (χ0) is 14.7. The number of hydrogen-bond donors (Lipinski definition) is 2. The Kier molecular flexibility index (Phi) is 4.08. The number of para-hydroxylation sites is 2. The zero-order valence-corrected chi connectivity index (χ0v) is 12.0. The van der Waals surface area contributed by atoms with Gasteiger partial charge in [0, 0.05) is 17.9 Å². The number of hydrogen-bond acceptors (Lipinski definition) is 6. The van der Waals surface area contributed by atoms with Crippen LogP contribution in [-0.2, 0) is 0 Å². The molecule has 1 aromatic heterocycles. The third kappa shape index (κ3) is 3.01. The highest BCUT2D eigenvalue weighted by Gasteiger charge is 2.08. The molecular formula is C15H14N2O3S. The number of benzene rings is 2. The average Bonchev–Trinajstić information content (AvgIpc) is 2.50. The van der Waals surface area contributed by atoms with Gasteiger partial charge in [-0.1, -0.05) is 12.1 Å². The highest BCUT2D eigenvalue weighted by molar-refractivity contribution is 7.93. The summed E-state index contributed by atoms with van der Waals surface area (Å²) in [4.78, 5) is 9.00. The molecule has 1 heterocycles. The quantitative estimate of drug-likeness (QED) is 0.427. The van der Waals surface area contributed by atoms with Crippen molar-refractivity contribution in [3.63, 3.8) is 0 Å². The fourth-order valence-corrected chi connectivity index (χ4v) is 2.31. The van der Waals surface area contributed by atoms with E-state index in [1.165, 1.54) is 0 Å². The van der Waals surface area contributed by atoms with Crippen LogP contribution in [0, 0.1) is 0 Å². The number of aromatic hydroxyl groups is 1. The molecule has 0 saturated heterocycles. The van der Waals surface area contributed by atoms with Gasteiger partial charge in [-0.05, 0) is 30.6 Å². The van der Waals surface area contributed by atoms with Gasteiger partial charge in [0.2, 0.25) is 0 Å². The van der Waals surface area contributed by atoms with Crippen molar-refractivity contribution in [2.75, 3.05) is 12.4 Å². The molecule has 2 N–H and O–H groups in total. The Hall–Kier alpha value is -2.05. The molecule has 0 fully saturated rings. The molecule has 3 aromatic rings. The van der Waals surface area contributed by atoms with Gasteiger partial charge in [-0.25, -0.2) is 9.97 Å². The maximum atomic E-state index is 9.99. The van der Waals surface area contributed by atoms with Gasteiger partial charge in [0.1, 0.15) is 0 Å². The summed E-state index contributed by atoms with van der Waals surface area (Å²) in [6, 6.07) is 10.8. The van der Waals surface area contributed by atoms with Crippen LogP contribution in [0.3, 0.4) is 0 Å². The third-order valence-electron chi connectivity index (χ3n) is 3.06. The van der Waals surface area contributed by atoms with Gasteiger partial charge in [-0.15, -0.1) is 0 Å². The number of aromatic nitrogens is 2. The third-order valence-corrected chi connectivity index (χ3v) is 3.53. The molecule has 0 atom stereocenters. The molecule has 3 rings (SSSR count). The summed E-state index contributed by atoms with van der Waals surface area (Å²) < 4.78 is 14.2. The van der Waals surface area contributed by atoms with Crippen molar-refractivity contribution in [2.24, 2.45) is 0 Å². The standard InChI is InChI=1S/C15H14N2O3S/c18-14-8-12-13(9-15(14)20-6-3-7-21-19)17-11-5-2-1-4-10(11)16-12/h1-2,4-5,8-9,18-19H,3,6-7H2. The first-order valence-corrected chi connectivity index (χ1v) is 7.51. The fraction of sp³-hybridized carbons (Fsp3) is 0.200. The fourth-order valence-electron chi connectivity index (χ4n) is 2.06. The zero-order valence-electron chi connectivity index (χ0n) is 11.2. The molecule has 0 radical (unpaired) electrons. The van der Waals surface area contributed by atoms with E-state index in [0.29, 0.717) is 35.6 Å². The van der Waals surface area contributed by atoms with Crippen LogP contribution in [0.2, 0.25) is 0 Å². The number of nitrogens with zero attached hydrogens (tertiary/aromatic N) is 2. The molecule has 0 saturated carbocycles. The molecule has 5 nitrogen and oxygen atoms in total. The van der Waals surface area contributed by atoms with Crippen LogP contribution in [0.1, 0.15) is 6.42 Å². The second kappa shape index (κ2) is 6.15. The Labute approximate surface area is 125 Å². The Morgan fingerprint density at radius 2 is 1.67 bits per heavy atom. The van der Waals surface area contributed by atoms with E-state index in [1.54, 1.807) is 12.1 Å². The lowest BCUT2D eigenvalue weighted by Gasteiger charge is -2.09. The summed E-state index contributed by atoms with van der Waals surface area (Å²) in [5.74, 6) is 1.03. The summed E-state index contributed by atoms with van der Waals surface area (Å²) in [7, 11) is 0. The number of rotatable bonds is 5. The predicted octanol–water partition coefficient (Wildman–Crippen LogP) is 3.46. The van der Waals surface area contributed by atoms with Crippen LogP contribution in [0.5, 0.6) is 11.5 Å². The topological polar surface area (TPSA) is 75.5 Å². The van der Waals surface area contributed by atoms with Gasteiger partial charge in [0.15, 0.2) is 11.5 Å². The van der Waals surface area contributed by atoms with E-state index in [0.717, 1.165) is 23.1 Å². The van der Waals surface area contributed by atoms with E-state index in [-0.39, 0.29) is 5.75 Å². The summed E-state index contributed by atoms with van der Waals surface area (Å²) in [6.07, 6.45) is 0.696. The maximum absolute atomic E-state index is 9.99. The predicted molar refractivity (Wildman–Crippen MR) is 83.9 cm³/mol. The van der Waals surface area contributed by atoms with Gasteiger partial charge in [0.05, 0.1) is 28.7 Å². The van der Waals surface area contributed by atoms with Crippen molar-refractivity contribution < 1.29 is 14.4 Å². The normalized spacial score (nSPS) is 11.1. The van der Waals surface area contributed by atoms with Crippen LogP contribution >= 0.6 is 12.0 Å². The molecular weight excluding hydrogens is 288 g/mol. The minimum atomic E-state index is 0.0451. The lowest BCUT2D eigenvalue weighted by Crippen LogP contribution is -1.99. The maximum Gasteiger partial charge on any atom is 0.163 e. The van der Waals surface area contributed by atoms with Crippen LogP contribution in [0.25, 0.3) is 22.1 Å². The van der Waals surface area contributed by atoms with Crippen LogP contribution < -0.4 is 4.74 Å². The largest absolute Gasteiger partial charge is 0.504 e. The highest BCUT2D eigenvalue weighted by Crippen LogP contribution is 2.30. The summed E-state index contributed by atoms with van der Waals surface area (Å²) in [6.45, 7) is 0.424. The van der Waals surface area contributed by atoms with Gasteiger partial charge in [-0.2, -0.15) is 0 Å². The lowest BCUT2D eigenvalue weighted by molar-refractivity contribution is 0.300. The Morgan fingerprint density at radius 1 is 1.00 bits per heavy atom. The van der Waals surface area contributed by atoms with E-state index < -0.39 is 0 Å². The molecule has 0 aliphatic heterocycles. The van der Waals surface area contributed by atoms with Crippen LogP contribution in [0.15, 0.2) is 36.4 Å². The van der Waals surface area contributed by atoms with Gasteiger partial charge in [-0.3, -0.25) is 0 Å². The molecule has 108 valence electrons. The molecule has 2 aromatic carbocycles. The van der Waals surface area contributed by atoms with Crippen molar-refractivity contribution in [2.45, 2.75) is 6.42 Å². The van der Waals surface area contributed by atoms with E-state index in [1.807, 2.05) is 24.3 Å². The van der Waals surface area contributed by atoms with Crippen molar-refractivity contribution in [1.29, 1.82) is 0 Å². The first kappa shape index (κ1) is 13.9. The van der Waals surface area contributed by atoms with Gasteiger partial charge < -0.3 is 14.4 Å². The van der Waals surface area contributed by atoms with E-state index in [9.17, 15) is 5.11 Å². The smallest absolute Gasteiger partial charge is 0.163 e. The molecule has 0 spiro atoms. The SMILES string of the molecule is OSCCCOc1cc2nc3ccccc3nc2cc1O. The van der Waals surface area contributed by atoms with Crippen LogP contribution in [-0.4, -0.2) is 32.0 Å². The van der Waals surface area contributed by atoms with Crippen molar-refractivity contribution in [3.8, 4) is 11.5 Å². The second-order valence-electron chi connectivity index (χ2n) is 4.56. The number of ether oxygens (including phenoxy) is 1. The number of fused-ring (bicyclic) bond motifs is 2. The van der Waals surface area contributed by atoms with Crippen molar-refractivity contribution in [1.82, 2.24) is 9.97 Å². The Morgan fingerprint density at radius 3 is 2.33 bits per heavy atom. The Bertz CT molecular complexity index is 779. The van der Waals surface area contributed by atoms with E-state index >= 15 is 0 Å². The van der Waals surface area contributed by atoms with Gasteiger partial charge in [0.25, 0.3) is 0 Å². The van der Waals surface area contributed by atoms with Gasteiger partial charge >= 0.3 is 0 Å². The summed E-state index contributed by atoms with van der Waals surface area (Å²) in [5.41, 5.74) is 2.90.